The number of halogens is 3. The maximum absolute atomic E-state index is 13.4. The molecule has 1 amide bonds. The van der Waals surface area contributed by atoms with Gasteiger partial charge < -0.3 is 10.2 Å². The molecule has 1 aromatic heterocycles. The largest absolute Gasteiger partial charge is 0.435 e. The van der Waals surface area contributed by atoms with E-state index in [4.69, 9.17) is 0 Å². The van der Waals surface area contributed by atoms with Gasteiger partial charge in [-0.1, -0.05) is 13.8 Å². The highest BCUT2D eigenvalue weighted by Gasteiger charge is 2.41. The van der Waals surface area contributed by atoms with Gasteiger partial charge in [0.25, 0.3) is 5.91 Å². The van der Waals surface area contributed by atoms with Gasteiger partial charge in [-0.05, 0) is 39.3 Å². The minimum Gasteiger partial charge on any atom is -0.352 e. The normalized spacial score (nSPS) is 19.8. The lowest BCUT2D eigenvalue weighted by atomic mass is 10.1. The molecule has 1 aromatic rings. The maximum atomic E-state index is 13.4. The second-order valence-corrected chi connectivity index (χ2v) is 6.91. The second-order valence-electron chi connectivity index (χ2n) is 6.91. The van der Waals surface area contributed by atoms with Gasteiger partial charge in [0.2, 0.25) is 0 Å². The molecule has 1 saturated heterocycles. The first-order valence-electron chi connectivity index (χ1n) is 8.24. The Hall–Kier alpha value is -1.57. The zero-order valence-electron chi connectivity index (χ0n) is 14.6. The van der Waals surface area contributed by atoms with Crippen molar-refractivity contribution in [2.75, 3.05) is 26.7 Å². The predicted octanol–water partition coefficient (Wildman–Crippen LogP) is 2.86. The number of likely N-dealkylation sites (tertiary alicyclic amines) is 1. The van der Waals surface area contributed by atoms with E-state index in [9.17, 15) is 18.0 Å². The fourth-order valence-corrected chi connectivity index (χ4v) is 3.07. The van der Waals surface area contributed by atoms with Crippen molar-refractivity contribution in [3.8, 4) is 0 Å². The van der Waals surface area contributed by atoms with E-state index < -0.39 is 17.8 Å². The Morgan fingerprint density at radius 2 is 2.08 bits per heavy atom. The van der Waals surface area contributed by atoms with E-state index in [-0.39, 0.29) is 23.2 Å². The zero-order valence-corrected chi connectivity index (χ0v) is 14.6. The first-order valence-corrected chi connectivity index (χ1v) is 8.24. The van der Waals surface area contributed by atoms with Gasteiger partial charge in [-0.3, -0.25) is 9.48 Å². The van der Waals surface area contributed by atoms with Gasteiger partial charge >= 0.3 is 6.18 Å². The first kappa shape index (κ1) is 18.8. The molecule has 2 rings (SSSR count). The molecule has 0 bridgehead atoms. The van der Waals surface area contributed by atoms with Crippen molar-refractivity contribution in [1.29, 1.82) is 0 Å². The van der Waals surface area contributed by atoms with Crippen molar-refractivity contribution >= 4 is 5.91 Å². The summed E-state index contributed by atoms with van der Waals surface area (Å²) in [7, 11) is 1.94. The Morgan fingerprint density at radius 3 is 2.62 bits per heavy atom. The van der Waals surface area contributed by atoms with Gasteiger partial charge in [0.15, 0.2) is 5.69 Å². The van der Waals surface area contributed by atoms with Crippen molar-refractivity contribution in [3.63, 3.8) is 0 Å². The average molecular weight is 346 g/mol. The van der Waals surface area contributed by atoms with E-state index >= 15 is 0 Å². The number of nitrogens with zero attached hydrogens (tertiary/aromatic N) is 3. The third-order valence-electron chi connectivity index (χ3n) is 4.26. The van der Waals surface area contributed by atoms with Crippen molar-refractivity contribution in [2.45, 2.75) is 45.8 Å². The van der Waals surface area contributed by atoms with Crippen LogP contribution in [0.3, 0.4) is 0 Å². The number of hydrogen-bond donors (Lipinski definition) is 1. The van der Waals surface area contributed by atoms with Crippen LogP contribution in [-0.4, -0.2) is 47.3 Å². The van der Waals surface area contributed by atoms with E-state index in [1.807, 2.05) is 20.9 Å². The van der Waals surface area contributed by atoms with Crippen LogP contribution in [0.25, 0.3) is 0 Å². The highest BCUT2D eigenvalue weighted by Crippen LogP contribution is 2.34. The number of amides is 1. The van der Waals surface area contributed by atoms with Crippen LogP contribution in [0.15, 0.2) is 0 Å². The molecule has 0 aliphatic carbocycles. The molecule has 8 heteroatoms. The molecule has 0 saturated carbocycles. The Kier molecular flexibility index (Phi) is 5.57. The van der Waals surface area contributed by atoms with Crippen LogP contribution in [0.5, 0.6) is 0 Å². The molecule has 0 aromatic carbocycles. The molecule has 2 heterocycles. The van der Waals surface area contributed by atoms with Crippen molar-refractivity contribution in [1.82, 2.24) is 20.0 Å². The number of carbonyl (C=O) groups excluding carboxylic acids is 1. The number of likely N-dealkylation sites (N-methyl/N-ethyl adjacent to an activating group) is 1. The molecule has 1 atom stereocenters. The Morgan fingerprint density at radius 1 is 1.42 bits per heavy atom. The molecule has 0 radical (unpaired) electrons. The first-order chi connectivity index (χ1) is 11.1. The van der Waals surface area contributed by atoms with Crippen LogP contribution in [0.2, 0.25) is 0 Å². The van der Waals surface area contributed by atoms with E-state index in [0.717, 1.165) is 19.4 Å². The summed E-state index contributed by atoms with van der Waals surface area (Å²) in [6, 6.07) is -0.142. The van der Waals surface area contributed by atoms with Gasteiger partial charge in [-0.2, -0.15) is 18.3 Å². The Bertz CT molecular complexity index is 595. The molecule has 1 N–H and O–H groups in total. The third-order valence-corrected chi connectivity index (χ3v) is 4.26. The summed E-state index contributed by atoms with van der Waals surface area (Å²) in [6.07, 6.45) is -2.99. The van der Waals surface area contributed by atoms with Gasteiger partial charge in [0.05, 0.1) is 11.6 Å². The minimum absolute atomic E-state index is 0.142. The molecule has 24 heavy (non-hydrogen) atoms. The summed E-state index contributed by atoms with van der Waals surface area (Å²) < 4.78 is 41.5. The molecule has 1 fully saturated rings. The molecule has 1 unspecified atom stereocenters. The lowest BCUT2D eigenvalue weighted by Crippen LogP contribution is -2.34. The molecule has 0 spiro atoms. The van der Waals surface area contributed by atoms with Crippen LogP contribution in [0, 0.1) is 12.8 Å². The minimum atomic E-state index is -4.65. The fourth-order valence-electron chi connectivity index (χ4n) is 3.07. The van der Waals surface area contributed by atoms with E-state index in [2.05, 4.69) is 15.3 Å². The number of aromatic nitrogens is 2. The maximum Gasteiger partial charge on any atom is 0.435 e. The molecule has 1 aliphatic rings. The van der Waals surface area contributed by atoms with Crippen molar-refractivity contribution in [3.05, 3.63) is 17.0 Å². The van der Waals surface area contributed by atoms with Gasteiger partial charge in [0.1, 0.15) is 0 Å². The molecular formula is C16H25F3N4O. The predicted molar refractivity (Wildman–Crippen MR) is 84.9 cm³/mol. The number of hydrogen-bond acceptors (Lipinski definition) is 3. The fraction of sp³-hybridized carbons (Fsp3) is 0.750. The van der Waals surface area contributed by atoms with Crippen LogP contribution in [-0.2, 0) is 6.18 Å². The van der Waals surface area contributed by atoms with Crippen LogP contribution in [0.1, 0.15) is 54.5 Å². The topological polar surface area (TPSA) is 50.2 Å². The molecular weight excluding hydrogens is 321 g/mol. The standard InChI is InChI=1S/C16H25F3N4O/c1-10(2)8-20-15(24)13-11(3)23(21-14(13)16(17,18)19)12-6-5-7-22(4)9-12/h10,12H,5-9H2,1-4H3,(H,20,24). The number of rotatable bonds is 4. The lowest BCUT2D eigenvalue weighted by Gasteiger charge is -2.30. The lowest BCUT2D eigenvalue weighted by molar-refractivity contribution is -0.142. The average Bonchev–Trinajstić information content (AvgIpc) is 2.82. The monoisotopic (exact) mass is 346 g/mol. The summed E-state index contributed by atoms with van der Waals surface area (Å²) in [5.74, 6) is -0.547. The van der Waals surface area contributed by atoms with E-state index in [1.165, 1.54) is 4.68 Å². The van der Waals surface area contributed by atoms with Crippen molar-refractivity contribution in [2.24, 2.45) is 5.92 Å². The van der Waals surface area contributed by atoms with Crippen LogP contribution in [0.4, 0.5) is 13.2 Å². The summed E-state index contributed by atoms with van der Waals surface area (Å²) in [6.45, 7) is 7.20. The molecule has 136 valence electrons. The van der Waals surface area contributed by atoms with Gasteiger partial charge in [-0.25, -0.2) is 0 Å². The van der Waals surface area contributed by atoms with Gasteiger partial charge in [0, 0.05) is 18.8 Å². The van der Waals surface area contributed by atoms with Gasteiger partial charge in [-0.15, -0.1) is 0 Å². The second kappa shape index (κ2) is 7.13. The van der Waals surface area contributed by atoms with E-state index in [1.54, 1.807) is 6.92 Å². The number of piperidine rings is 1. The summed E-state index contributed by atoms with van der Waals surface area (Å²) >= 11 is 0. The highest BCUT2D eigenvalue weighted by atomic mass is 19.4. The van der Waals surface area contributed by atoms with Crippen LogP contribution < -0.4 is 5.32 Å². The quantitative estimate of drug-likeness (QED) is 0.912. The SMILES string of the molecule is Cc1c(C(=O)NCC(C)C)c(C(F)(F)F)nn1C1CCCN(C)C1. The van der Waals surface area contributed by atoms with Crippen LogP contribution >= 0.6 is 0 Å². The zero-order chi connectivity index (χ0) is 18.1. The number of nitrogens with one attached hydrogen (secondary N) is 1. The number of alkyl halides is 3. The smallest absolute Gasteiger partial charge is 0.352 e. The summed E-state index contributed by atoms with van der Waals surface area (Å²) in [5.41, 5.74) is -1.16. The number of carbonyl (C=O) groups is 1. The van der Waals surface area contributed by atoms with E-state index in [0.29, 0.717) is 13.1 Å². The highest BCUT2D eigenvalue weighted by molar-refractivity contribution is 5.96. The van der Waals surface area contributed by atoms with Crippen molar-refractivity contribution < 1.29 is 18.0 Å². The molecule has 1 aliphatic heterocycles. The third kappa shape index (κ3) is 4.09. The Balaban J connectivity index is 2.39. The molecule has 5 nitrogen and oxygen atoms in total. The Labute approximate surface area is 140 Å². The summed E-state index contributed by atoms with van der Waals surface area (Å²) in [4.78, 5) is 14.4. The summed E-state index contributed by atoms with van der Waals surface area (Å²) in [5, 5.41) is 6.37.